The van der Waals surface area contributed by atoms with E-state index in [0.717, 1.165) is 43.8 Å². The van der Waals surface area contributed by atoms with Crippen LogP contribution in [-0.2, 0) is 12.4 Å². The first-order valence-corrected chi connectivity index (χ1v) is 14.5. The summed E-state index contributed by atoms with van der Waals surface area (Å²) >= 11 is 5.56. The highest BCUT2D eigenvalue weighted by atomic mass is 32.1. The van der Waals surface area contributed by atoms with Crippen LogP contribution < -0.4 is 0 Å². The molecule has 4 heterocycles. The minimum atomic E-state index is -4.39. The van der Waals surface area contributed by atoms with E-state index in [9.17, 15) is 26.3 Å². The van der Waals surface area contributed by atoms with Crippen LogP contribution in [0.2, 0.25) is 0 Å². The Hall–Kier alpha value is -3.46. The van der Waals surface area contributed by atoms with Gasteiger partial charge in [-0.15, -0.1) is 45.3 Å². The quantitative estimate of drug-likeness (QED) is 0.180. The number of thiazole rings is 4. The molecule has 0 saturated carbocycles. The van der Waals surface area contributed by atoms with Crippen LogP contribution in [0.4, 0.5) is 26.3 Å². The maximum Gasteiger partial charge on any atom is 0.416 e. The monoisotopic (exact) mass is 622 g/mol. The summed E-state index contributed by atoms with van der Waals surface area (Å²) in [5, 5.41) is 2.60. The predicted octanol–water partition coefficient (Wildman–Crippen LogP) is 9.89. The molecule has 40 heavy (non-hydrogen) atoms. The van der Waals surface area contributed by atoms with Crippen molar-refractivity contribution in [2.75, 3.05) is 0 Å². The molecule has 0 spiro atoms. The van der Waals surface area contributed by atoms with Crippen molar-refractivity contribution in [2.24, 2.45) is 0 Å². The lowest BCUT2D eigenvalue weighted by molar-refractivity contribution is -0.138. The van der Waals surface area contributed by atoms with E-state index in [-0.39, 0.29) is 0 Å². The summed E-state index contributed by atoms with van der Waals surface area (Å²) < 4.78 is 77.1. The molecule has 0 saturated heterocycles. The summed E-state index contributed by atoms with van der Waals surface area (Å²) in [6, 6.07) is 9.78. The van der Waals surface area contributed by atoms with Gasteiger partial charge in [0, 0.05) is 35.9 Å². The van der Waals surface area contributed by atoms with Crippen LogP contribution in [0.5, 0.6) is 0 Å². The summed E-state index contributed by atoms with van der Waals surface area (Å²) in [6.45, 7) is 0. The van der Waals surface area contributed by atoms with Crippen molar-refractivity contribution in [2.45, 2.75) is 12.4 Å². The predicted molar refractivity (Wildman–Crippen MR) is 146 cm³/mol. The highest BCUT2D eigenvalue weighted by Crippen LogP contribution is 2.42. The van der Waals surface area contributed by atoms with Gasteiger partial charge in [-0.2, -0.15) is 26.3 Å². The maximum absolute atomic E-state index is 12.8. The van der Waals surface area contributed by atoms with Gasteiger partial charge in [0.25, 0.3) is 0 Å². The van der Waals surface area contributed by atoms with Crippen molar-refractivity contribution in [3.05, 3.63) is 84.4 Å². The molecule has 6 aromatic rings. The molecule has 4 aromatic heterocycles. The average molecular weight is 623 g/mol. The number of nitrogens with zero attached hydrogens (tertiary/aromatic N) is 4. The Morgan fingerprint density at radius 1 is 0.400 bits per heavy atom. The van der Waals surface area contributed by atoms with Crippen LogP contribution in [0.3, 0.4) is 0 Å². The highest BCUT2D eigenvalue weighted by Gasteiger charge is 2.31. The largest absolute Gasteiger partial charge is 0.416 e. The second-order valence-electron chi connectivity index (χ2n) is 8.27. The number of halogens is 6. The minimum Gasteiger partial charge on any atom is -0.244 e. The molecule has 4 nitrogen and oxygen atoms in total. The molecule has 202 valence electrons. The van der Waals surface area contributed by atoms with E-state index >= 15 is 0 Å². The second-order valence-corrected chi connectivity index (χ2v) is 12.4. The Balaban J connectivity index is 1.18. The Morgan fingerprint density at radius 3 is 0.975 bits per heavy atom. The van der Waals surface area contributed by atoms with E-state index in [1.807, 2.05) is 0 Å². The lowest BCUT2D eigenvalue weighted by Crippen LogP contribution is -2.03. The summed E-state index contributed by atoms with van der Waals surface area (Å²) in [5.41, 5.74) is -0.230. The molecule has 0 aliphatic rings. The zero-order valence-electron chi connectivity index (χ0n) is 19.6. The molecule has 0 amide bonds. The van der Waals surface area contributed by atoms with Gasteiger partial charge in [-0.25, -0.2) is 19.9 Å². The molecule has 2 aromatic carbocycles. The van der Waals surface area contributed by atoms with Crippen LogP contribution in [-0.4, -0.2) is 19.9 Å². The Bertz CT molecular complexity index is 1650. The minimum absolute atomic E-state index is 0.596. The van der Waals surface area contributed by atoms with E-state index in [4.69, 9.17) is 0 Å². The van der Waals surface area contributed by atoms with Gasteiger partial charge in [0.15, 0.2) is 10.0 Å². The fraction of sp³-hybridized carbons (Fsp3) is 0.0769. The fourth-order valence-corrected chi connectivity index (χ4v) is 7.45. The molecule has 6 rings (SSSR count). The summed E-state index contributed by atoms with van der Waals surface area (Å²) in [4.78, 5) is 21.1. The zero-order chi connectivity index (χ0) is 28.1. The Morgan fingerprint density at radius 2 is 0.675 bits per heavy atom. The van der Waals surface area contributed by atoms with Crippen LogP contribution in [0.25, 0.3) is 50.7 Å². The number of benzene rings is 2. The molecular formula is C26H12F6N4S4. The topological polar surface area (TPSA) is 51.6 Å². The smallest absolute Gasteiger partial charge is 0.244 e. The summed E-state index contributed by atoms with van der Waals surface area (Å²) in [6.07, 6.45) is -2.03. The van der Waals surface area contributed by atoms with Crippen LogP contribution >= 0.6 is 45.3 Å². The van der Waals surface area contributed by atoms with Crippen molar-refractivity contribution in [3.63, 3.8) is 0 Å². The number of hydrogen-bond donors (Lipinski definition) is 0. The Labute approximate surface area is 238 Å². The molecule has 0 unspecified atom stereocenters. The molecule has 0 radical (unpaired) electrons. The van der Waals surface area contributed by atoms with E-state index in [2.05, 4.69) is 19.9 Å². The van der Waals surface area contributed by atoms with Gasteiger partial charge in [-0.3, -0.25) is 0 Å². The highest BCUT2D eigenvalue weighted by molar-refractivity contribution is 7.28. The molecule has 0 atom stereocenters. The SMILES string of the molecule is FC(F)(F)c1ccc(-c2ncc(-c3cnc(-c4ncc(-c5cnc(-c6ccc(C(F)(F)F)cc6)s5)s4)s3)s2)cc1. The van der Waals surface area contributed by atoms with Crippen molar-refractivity contribution >= 4 is 45.3 Å². The van der Waals surface area contributed by atoms with Gasteiger partial charge in [-0.1, -0.05) is 24.3 Å². The molecule has 0 bridgehead atoms. The lowest BCUT2D eigenvalue weighted by Gasteiger charge is -2.06. The third kappa shape index (κ3) is 5.44. The summed E-state index contributed by atoms with van der Waals surface area (Å²) in [7, 11) is 0. The van der Waals surface area contributed by atoms with E-state index < -0.39 is 23.5 Å². The molecule has 14 heteroatoms. The van der Waals surface area contributed by atoms with Gasteiger partial charge in [0.1, 0.15) is 10.0 Å². The van der Waals surface area contributed by atoms with Crippen molar-refractivity contribution in [3.8, 4) is 50.7 Å². The van der Waals surface area contributed by atoms with E-state index in [0.29, 0.717) is 31.2 Å². The molecular weight excluding hydrogens is 611 g/mol. The third-order valence-corrected chi connectivity index (χ3v) is 10.2. The number of rotatable bonds is 5. The number of alkyl halides is 6. The van der Waals surface area contributed by atoms with E-state index in [1.54, 1.807) is 24.8 Å². The second kappa shape index (κ2) is 10.2. The number of hydrogen-bond acceptors (Lipinski definition) is 8. The fourth-order valence-electron chi connectivity index (χ4n) is 3.62. The van der Waals surface area contributed by atoms with Gasteiger partial charge in [0.2, 0.25) is 0 Å². The van der Waals surface area contributed by atoms with Crippen LogP contribution in [0.15, 0.2) is 73.3 Å². The lowest BCUT2D eigenvalue weighted by atomic mass is 10.1. The van der Waals surface area contributed by atoms with Crippen molar-refractivity contribution in [1.29, 1.82) is 0 Å². The summed E-state index contributed by atoms with van der Waals surface area (Å²) in [5.74, 6) is 0. The molecule has 0 N–H and O–H groups in total. The average Bonchev–Trinajstić information content (AvgIpc) is 3.73. The standard InChI is InChI=1S/C26H12F6N4S4/c27-25(28,29)15-5-1-13(2-6-15)21-33-9-17(37-21)19-11-35-23(39-19)24-36-12-20(40-24)18-10-34-22(38-18)14-3-7-16(8-4-14)26(30,31)32/h1-12H. The van der Waals surface area contributed by atoms with Gasteiger partial charge in [0.05, 0.1) is 30.6 Å². The molecule has 0 aliphatic carbocycles. The van der Waals surface area contributed by atoms with Gasteiger partial charge < -0.3 is 0 Å². The third-order valence-electron chi connectivity index (χ3n) is 5.61. The first-order valence-electron chi connectivity index (χ1n) is 11.2. The normalized spacial score (nSPS) is 12.2. The van der Waals surface area contributed by atoms with Gasteiger partial charge in [-0.05, 0) is 24.3 Å². The van der Waals surface area contributed by atoms with Gasteiger partial charge >= 0.3 is 12.4 Å². The van der Waals surface area contributed by atoms with Crippen LogP contribution in [0.1, 0.15) is 11.1 Å². The van der Waals surface area contributed by atoms with Crippen molar-refractivity contribution < 1.29 is 26.3 Å². The molecule has 0 fully saturated rings. The first kappa shape index (κ1) is 26.7. The van der Waals surface area contributed by atoms with Crippen molar-refractivity contribution in [1.82, 2.24) is 19.9 Å². The zero-order valence-corrected chi connectivity index (χ0v) is 22.9. The first-order chi connectivity index (χ1) is 19.0. The maximum atomic E-state index is 12.8. The molecule has 0 aliphatic heterocycles. The van der Waals surface area contributed by atoms with Crippen LogP contribution in [0, 0.1) is 0 Å². The van der Waals surface area contributed by atoms with E-state index in [1.165, 1.54) is 69.6 Å². The number of aromatic nitrogens is 4. The Kier molecular flexibility index (Phi) is 6.81.